The minimum Gasteiger partial charge on any atom is -0.192 e. The predicted octanol–water partition coefficient (Wildman–Crippen LogP) is 3.45. The molecule has 0 bridgehead atoms. The van der Waals surface area contributed by atoms with Crippen LogP contribution in [0.2, 0.25) is 19.6 Å². The van der Waals surface area contributed by atoms with E-state index >= 15 is 0 Å². The summed E-state index contributed by atoms with van der Waals surface area (Å²) in [7, 11) is -1.11. The van der Waals surface area contributed by atoms with Crippen LogP contribution >= 0.6 is 0 Å². The Morgan fingerprint density at radius 2 is 1.71 bits per heavy atom. The molecule has 0 amide bonds. The summed E-state index contributed by atoms with van der Waals surface area (Å²) in [6.45, 7) is 6.90. The zero-order valence-corrected chi connectivity index (χ0v) is 9.91. The van der Waals surface area contributed by atoms with Crippen molar-refractivity contribution in [3.63, 3.8) is 0 Å². The van der Waals surface area contributed by atoms with Gasteiger partial charge >= 0.3 is 0 Å². The molecular weight excluding hydrogens is 186 g/mol. The molecule has 2 heteroatoms. The molecule has 0 spiro atoms. The molecular formula is C12H15NSi. The van der Waals surface area contributed by atoms with Gasteiger partial charge in [0.25, 0.3) is 0 Å². The fraction of sp³-hybridized carbons (Fsp3) is 0.250. The first-order valence-electron chi connectivity index (χ1n) is 4.71. The summed E-state index contributed by atoms with van der Waals surface area (Å²) in [6, 6.07) is 9.78. The maximum Gasteiger partial charge on any atom is 0.0991 e. The van der Waals surface area contributed by atoms with Crippen LogP contribution in [0.4, 0.5) is 0 Å². The van der Waals surface area contributed by atoms with Crippen molar-refractivity contribution in [2.24, 2.45) is 0 Å². The molecule has 0 heterocycles. The lowest BCUT2D eigenvalue weighted by molar-refractivity contribution is 1.48. The van der Waals surface area contributed by atoms with E-state index in [0.717, 1.165) is 5.56 Å². The summed E-state index contributed by atoms with van der Waals surface area (Å²) >= 11 is 0. The molecule has 72 valence electrons. The summed E-state index contributed by atoms with van der Waals surface area (Å²) in [6.07, 6.45) is 2.15. The Labute approximate surface area is 86.7 Å². The standard InChI is InChI=1S/C12H15NSi/c1-14(2,3)9-8-11-4-6-12(10-13)7-5-11/h4-9H,1-3H3/b9-8+. The van der Waals surface area contributed by atoms with Gasteiger partial charge in [0.1, 0.15) is 0 Å². The number of nitrogens with zero attached hydrogens (tertiary/aromatic N) is 1. The summed E-state index contributed by atoms with van der Waals surface area (Å²) in [4.78, 5) is 0. The van der Waals surface area contributed by atoms with Crippen molar-refractivity contribution in [1.82, 2.24) is 0 Å². The van der Waals surface area contributed by atoms with Gasteiger partial charge in [-0.2, -0.15) is 5.26 Å². The highest BCUT2D eigenvalue weighted by atomic mass is 28.3. The van der Waals surface area contributed by atoms with Gasteiger partial charge in [0.15, 0.2) is 0 Å². The second-order valence-corrected chi connectivity index (χ2v) is 9.50. The number of benzene rings is 1. The lowest BCUT2D eigenvalue weighted by Crippen LogP contribution is -2.15. The van der Waals surface area contributed by atoms with Gasteiger partial charge in [-0.15, -0.1) is 0 Å². The molecule has 0 aliphatic heterocycles. The van der Waals surface area contributed by atoms with Crippen molar-refractivity contribution in [3.05, 3.63) is 41.1 Å². The SMILES string of the molecule is C[Si](C)(C)/C=C/c1ccc(C#N)cc1. The highest BCUT2D eigenvalue weighted by Gasteiger charge is 2.06. The zero-order chi connectivity index (χ0) is 10.6. The lowest BCUT2D eigenvalue weighted by atomic mass is 10.1. The molecule has 0 atom stereocenters. The first-order valence-corrected chi connectivity index (χ1v) is 8.28. The van der Waals surface area contributed by atoms with Crippen LogP contribution in [0.15, 0.2) is 30.0 Å². The largest absolute Gasteiger partial charge is 0.192 e. The number of rotatable bonds is 2. The van der Waals surface area contributed by atoms with Crippen LogP contribution in [-0.4, -0.2) is 8.07 Å². The summed E-state index contributed by atoms with van der Waals surface area (Å²) in [5.74, 6) is 0. The molecule has 0 saturated heterocycles. The van der Waals surface area contributed by atoms with E-state index in [1.807, 2.05) is 24.3 Å². The molecule has 0 radical (unpaired) electrons. The van der Waals surface area contributed by atoms with Crippen molar-refractivity contribution < 1.29 is 0 Å². The Bertz CT molecular complexity index is 363. The van der Waals surface area contributed by atoms with Gasteiger partial charge in [-0.05, 0) is 17.7 Å². The molecule has 0 unspecified atom stereocenters. The van der Waals surface area contributed by atoms with E-state index in [-0.39, 0.29) is 0 Å². The average Bonchev–Trinajstić information content (AvgIpc) is 2.14. The van der Waals surface area contributed by atoms with Crippen LogP contribution in [0.1, 0.15) is 11.1 Å². The molecule has 0 saturated carbocycles. The molecule has 1 rings (SSSR count). The van der Waals surface area contributed by atoms with Crippen LogP contribution < -0.4 is 0 Å². The Morgan fingerprint density at radius 1 is 1.14 bits per heavy atom. The van der Waals surface area contributed by atoms with Gasteiger partial charge in [0, 0.05) is 0 Å². The van der Waals surface area contributed by atoms with Crippen LogP contribution in [0.3, 0.4) is 0 Å². The fourth-order valence-corrected chi connectivity index (χ4v) is 1.71. The minimum absolute atomic E-state index is 0.718. The van der Waals surface area contributed by atoms with E-state index in [9.17, 15) is 0 Å². The topological polar surface area (TPSA) is 23.8 Å². The second kappa shape index (κ2) is 4.25. The number of hydrogen-bond donors (Lipinski definition) is 0. The monoisotopic (exact) mass is 201 g/mol. The van der Waals surface area contributed by atoms with Gasteiger partial charge in [-0.25, -0.2) is 0 Å². The summed E-state index contributed by atoms with van der Waals surface area (Å²) < 4.78 is 0. The summed E-state index contributed by atoms with van der Waals surface area (Å²) in [5.41, 5.74) is 4.19. The first kappa shape index (κ1) is 10.7. The third kappa shape index (κ3) is 3.59. The van der Waals surface area contributed by atoms with Crippen LogP contribution in [-0.2, 0) is 0 Å². The Balaban J connectivity index is 2.80. The maximum atomic E-state index is 8.63. The van der Waals surface area contributed by atoms with Crippen LogP contribution in [0, 0.1) is 11.3 Å². The minimum atomic E-state index is -1.11. The molecule has 0 fully saturated rings. The zero-order valence-electron chi connectivity index (χ0n) is 8.91. The average molecular weight is 201 g/mol. The highest BCUT2D eigenvalue weighted by Crippen LogP contribution is 2.09. The third-order valence-corrected chi connectivity index (χ3v) is 2.98. The Morgan fingerprint density at radius 3 is 2.14 bits per heavy atom. The van der Waals surface area contributed by atoms with Crippen molar-refractivity contribution in [2.45, 2.75) is 19.6 Å². The maximum absolute atomic E-state index is 8.63. The van der Waals surface area contributed by atoms with E-state index in [4.69, 9.17) is 5.26 Å². The Kier molecular flexibility index (Phi) is 3.26. The molecule has 0 aromatic heterocycles. The van der Waals surface area contributed by atoms with E-state index < -0.39 is 8.07 Å². The van der Waals surface area contributed by atoms with E-state index in [2.05, 4.69) is 37.5 Å². The van der Waals surface area contributed by atoms with Crippen LogP contribution in [0.5, 0.6) is 0 Å². The predicted molar refractivity (Wildman–Crippen MR) is 63.5 cm³/mol. The van der Waals surface area contributed by atoms with Gasteiger partial charge in [-0.1, -0.05) is 43.5 Å². The first-order chi connectivity index (χ1) is 6.51. The third-order valence-electron chi connectivity index (χ3n) is 1.82. The van der Waals surface area contributed by atoms with Crippen molar-refractivity contribution in [3.8, 4) is 6.07 Å². The number of nitriles is 1. The van der Waals surface area contributed by atoms with Gasteiger partial charge in [0.05, 0.1) is 19.7 Å². The molecule has 1 nitrogen and oxygen atoms in total. The van der Waals surface area contributed by atoms with Gasteiger partial charge in [0.2, 0.25) is 0 Å². The van der Waals surface area contributed by atoms with E-state index in [0.29, 0.717) is 0 Å². The fourth-order valence-electron chi connectivity index (χ4n) is 1.01. The van der Waals surface area contributed by atoms with Crippen LogP contribution in [0.25, 0.3) is 6.08 Å². The normalized spacial score (nSPS) is 11.6. The molecule has 1 aromatic carbocycles. The molecule has 14 heavy (non-hydrogen) atoms. The molecule has 0 aliphatic carbocycles. The van der Waals surface area contributed by atoms with E-state index in [1.165, 1.54) is 5.56 Å². The second-order valence-electron chi connectivity index (χ2n) is 4.43. The van der Waals surface area contributed by atoms with Crippen molar-refractivity contribution >= 4 is 14.1 Å². The molecule has 0 N–H and O–H groups in total. The van der Waals surface area contributed by atoms with Crippen molar-refractivity contribution in [2.75, 3.05) is 0 Å². The quantitative estimate of drug-likeness (QED) is 0.672. The van der Waals surface area contributed by atoms with Gasteiger partial charge in [-0.3, -0.25) is 0 Å². The smallest absolute Gasteiger partial charge is 0.0991 e. The van der Waals surface area contributed by atoms with E-state index in [1.54, 1.807) is 0 Å². The number of hydrogen-bond acceptors (Lipinski definition) is 1. The molecule has 1 aromatic rings. The summed E-state index contributed by atoms with van der Waals surface area (Å²) in [5, 5.41) is 8.63. The Hall–Kier alpha value is -1.33. The molecule has 0 aliphatic rings. The van der Waals surface area contributed by atoms with Crippen molar-refractivity contribution in [1.29, 1.82) is 5.26 Å². The lowest BCUT2D eigenvalue weighted by Gasteiger charge is -2.07. The van der Waals surface area contributed by atoms with Gasteiger partial charge < -0.3 is 0 Å². The highest BCUT2D eigenvalue weighted by molar-refractivity contribution is 6.81.